The monoisotopic (exact) mass is 213 g/mol. The number of halogens is 1. The molecule has 1 aliphatic rings. The van der Waals surface area contributed by atoms with Crippen LogP contribution in [0.2, 0.25) is 5.15 Å². The lowest BCUT2D eigenvalue weighted by Crippen LogP contribution is -2.32. The van der Waals surface area contributed by atoms with Crippen LogP contribution in [0.25, 0.3) is 0 Å². The molecule has 1 saturated heterocycles. The summed E-state index contributed by atoms with van der Waals surface area (Å²) in [7, 11) is 1.97. The lowest BCUT2D eigenvalue weighted by molar-refractivity contribution is 0.193. The van der Waals surface area contributed by atoms with Crippen molar-refractivity contribution < 1.29 is 4.74 Å². The molecule has 2 heterocycles. The Hall–Kier alpha value is -0.870. The minimum atomic E-state index is 0.365. The van der Waals surface area contributed by atoms with Crippen LogP contribution >= 0.6 is 11.6 Å². The van der Waals surface area contributed by atoms with Gasteiger partial charge in [-0.05, 0) is 6.42 Å². The van der Waals surface area contributed by atoms with Crippen LogP contribution in [0.1, 0.15) is 6.42 Å². The van der Waals surface area contributed by atoms with Gasteiger partial charge in [-0.3, -0.25) is 0 Å². The van der Waals surface area contributed by atoms with Crippen LogP contribution in [0.15, 0.2) is 12.4 Å². The molecule has 1 atom stereocenters. The molecule has 76 valence electrons. The number of likely N-dealkylation sites (N-methyl/N-ethyl adjacent to an activating group) is 1. The van der Waals surface area contributed by atoms with E-state index in [1.54, 1.807) is 12.4 Å². The lowest BCUT2D eigenvalue weighted by Gasteiger charge is -2.24. The summed E-state index contributed by atoms with van der Waals surface area (Å²) in [6, 6.07) is 0.365. The topological polar surface area (TPSA) is 38.2 Å². The fourth-order valence-corrected chi connectivity index (χ4v) is 1.79. The summed E-state index contributed by atoms with van der Waals surface area (Å²) in [6.07, 6.45) is 4.25. The maximum Gasteiger partial charge on any atom is 0.171 e. The van der Waals surface area contributed by atoms with E-state index in [0.29, 0.717) is 11.2 Å². The van der Waals surface area contributed by atoms with Crippen molar-refractivity contribution in [2.45, 2.75) is 12.5 Å². The van der Waals surface area contributed by atoms with Gasteiger partial charge in [0, 0.05) is 26.0 Å². The van der Waals surface area contributed by atoms with E-state index in [4.69, 9.17) is 16.3 Å². The summed E-state index contributed by atoms with van der Waals surface area (Å²) in [5.74, 6) is 0.727. The van der Waals surface area contributed by atoms with Crippen molar-refractivity contribution in [2.24, 2.45) is 0 Å². The zero-order valence-corrected chi connectivity index (χ0v) is 8.74. The van der Waals surface area contributed by atoms with Crippen molar-refractivity contribution in [3.05, 3.63) is 17.5 Å². The third-order valence-corrected chi connectivity index (χ3v) is 2.69. The predicted molar refractivity (Wildman–Crippen MR) is 54.7 cm³/mol. The second kappa shape index (κ2) is 4.11. The van der Waals surface area contributed by atoms with Gasteiger partial charge in [0.15, 0.2) is 11.0 Å². The Labute approximate surface area is 87.9 Å². The molecule has 0 aliphatic carbocycles. The third kappa shape index (κ3) is 1.81. The van der Waals surface area contributed by atoms with Gasteiger partial charge in [-0.15, -0.1) is 0 Å². The van der Waals surface area contributed by atoms with Gasteiger partial charge >= 0.3 is 0 Å². The second-order valence-electron chi connectivity index (χ2n) is 3.30. The molecule has 0 bridgehead atoms. The standard InChI is InChI=1S/C9H12ClN3O/c1-13(7-2-5-14-6-7)9-8(10)11-3-4-12-9/h3-4,7H,2,5-6H2,1H3. The lowest BCUT2D eigenvalue weighted by atomic mass is 10.2. The molecule has 2 rings (SSSR count). The first-order valence-electron chi connectivity index (χ1n) is 4.56. The van der Waals surface area contributed by atoms with E-state index in [2.05, 4.69) is 9.97 Å². The molecule has 0 aromatic carbocycles. The Balaban J connectivity index is 2.17. The maximum absolute atomic E-state index is 5.94. The van der Waals surface area contributed by atoms with Gasteiger partial charge < -0.3 is 9.64 Å². The van der Waals surface area contributed by atoms with Gasteiger partial charge in [0.1, 0.15) is 0 Å². The Morgan fingerprint density at radius 1 is 1.50 bits per heavy atom. The van der Waals surface area contributed by atoms with Crippen LogP contribution in [0.3, 0.4) is 0 Å². The summed E-state index contributed by atoms with van der Waals surface area (Å²) < 4.78 is 5.31. The Morgan fingerprint density at radius 2 is 2.29 bits per heavy atom. The molecule has 1 unspecified atom stereocenters. The van der Waals surface area contributed by atoms with Gasteiger partial charge in [-0.2, -0.15) is 0 Å². The number of ether oxygens (including phenoxy) is 1. The summed E-state index contributed by atoms with van der Waals surface area (Å²) in [4.78, 5) is 10.2. The first-order valence-corrected chi connectivity index (χ1v) is 4.94. The minimum Gasteiger partial charge on any atom is -0.379 e. The Kier molecular flexibility index (Phi) is 2.84. The van der Waals surface area contributed by atoms with Gasteiger partial charge in [0.25, 0.3) is 0 Å². The van der Waals surface area contributed by atoms with Crippen molar-refractivity contribution in [3.8, 4) is 0 Å². The number of rotatable bonds is 2. The Morgan fingerprint density at radius 3 is 2.93 bits per heavy atom. The number of hydrogen-bond donors (Lipinski definition) is 0. The molecule has 5 heteroatoms. The van der Waals surface area contributed by atoms with E-state index < -0.39 is 0 Å². The predicted octanol–water partition coefficient (Wildman–Crippen LogP) is 1.36. The average molecular weight is 214 g/mol. The van der Waals surface area contributed by atoms with Crippen LogP contribution < -0.4 is 4.90 Å². The molecular weight excluding hydrogens is 202 g/mol. The minimum absolute atomic E-state index is 0.365. The number of anilines is 1. The number of nitrogens with zero attached hydrogens (tertiary/aromatic N) is 3. The molecular formula is C9H12ClN3O. The van der Waals surface area contributed by atoms with E-state index in [-0.39, 0.29) is 0 Å². The molecule has 0 saturated carbocycles. The van der Waals surface area contributed by atoms with Crippen molar-refractivity contribution in [1.29, 1.82) is 0 Å². The largest absolute Gasteiger partial charge is 0.379 e. The Bertz CT molecular complexity index is 315. The van der Waals surface area contributed by atoms with Gasteiger partial charge in [0.05, 0.1) is 12.6 Å². The fraction of sp³-hybridized carbons (Fsp3) is 0.556. The molecule has 1 fully saturated rings. The molecule has 1 aromatic heterocycles. The van der Waals surface area contributed by atoms with Crippen LogP contribution in [0.5, 0.6) is 0 Å². The van der Waals surface area contributed by atoms with Crippen molar-refractivity contribution in [1.82, 2.24) is 9.97 Å². The first kappa shape index (κ1) is 9.68. The number of aromatic nitrogens is 2. The van der Waals surface area contributed by atoms with E-state index in [9.17, 15) is 0 Å². The second-order valence-corrected chi connectivity index (χ2v) is 3.66. The zero-order chi connectivity index (χ0) is 9.97. The number of hydrogen-bond acceptors (Lipinski definition) is 4. The van der Waals surface area contributed by atoms with Crippen LogP contribution in [-0.2, 0) is 4.74 Å². The van der Waals surface area contributed by atoms with E-state index in [1.165, 1.54) is 0 Å². The molecule has 0 amide bonds. The fourth-order valence-electron chi connectivity index (χ4n) is 1.55. The molecule has 14 heavy (non-hydrogen) atoms. The highest BCUT2D eigenvalue weighted by Crippen LogP contribution is 2.23. The smallest absolute Gasteiger partial charge is 0.171 e. The zero-order valence-electron chi connectivity index (χ0n) is 7.98. The maximum atomic E-state index is 5.94. The first-order chi connectivity index (χ1) is 6.79. The molecule has 0 spiro atoms. The normalized spacial score (nSPS) is 21.1. The van der Waals surface area contributed by atoms with Gasteiger partial charge in [-0.1, -0.05) is 11.6 Å². The third-order valence-electron chi connectivity index (χ3n) is 2.42. The van der Waals surface area contributed by atoms with E-state index >= 15 is 0 Å². The SMILES string of the molecule is CN(c1nccnc1Cl)C1CCOC1. The van der Waals surface area contributed by atoms with Crippen molar-refractivity contribution in [3.63, 3.8) is 0 Å². The van der Waals surface area contributed by atoms with Crippen LogP contribution in [0.4, 0.5) is 5.82 Å². The van der Waals surface area contributed by atoms with Gasteiger partial charge in [-0.25, -0.2) is 9.97 Å². The summed E-state index contributed by atoms with van der Waals surface area (Å²) in [6.45, 7) is 1.55. The van der Waals surface area contributed by atoms with Gasteiger partial charge in [0.2, 0.25) is 0 Å². The average Bonchev–Trinajstić information content (AvgIpc) is 2.70. The molecule has 0 radical (unpaired) electrons. The molecule has 1 aliphatic heterocycles. The quantitative estimate of drug-likeness (QED) is 0.744. The highest BCUT2D eigenvalue weighted by atomic mass is 35.5. The summed E-state index contributed by atoms with van der Waals surface area (Å²) in [5, 5.41) is 0.446. The molecule has 0 N–H and O–H groups in total. The highest BCUT2D eigenvalue weighted by molar-refractivity contribution is 6.31. The van der Waals surface area contributed by atoms with Crippen molar-refractivity contribution >= 4 is 17.4 Å². The highest BCUT2D eigenvalue weighted by Gasteiger charge is 2.22. The van der Waals surface area contributed by atoms with E-state index in [0.717, 1.165) is 25.5 Å². The summed E-state index contributed by atoms with van der Waals surface area (Å²) in [5.41, 5.74) is 0. The van der Waals surface area contributed by atoms with E-state index in [1.807, 2.05) is 11.9 Å². The molecule has 4 nitrogen and oxygen atoms in total. The van der Waals surface area contributed by atoms with Crippen molar-refractivity contribution in [2.75, 3.05) is 25.2 Å². The summed E-state index contributed by atoms with van der Waals surface area (Å²) >= 11 is 5.94. The molecule has 1 aromatic rings. The van der Waals surface area contributed by atoms with Crippen LogP contribution in [0, 0.1) is 0 Å². The van der Waals surface area contributed by atoms with Crippen LogP contribution in [-0.4, -0.2) is 36.3 Å².